The highest BCUT2D eigenvalue weighted by Gasteiger charge is 2.28. The highest BCUT2D eigenvalue weighted by Crippen LogP contribution is 2.42. The van der Waals surface area contributed by atoms with Gasteiger partial charge in [-0.3, -0.25) is 18.4 Å². The zero-order valence-corrected chi connectivity index (χ0v) is 29.6. The molecule has 8 rings (SSSR count). The fraction of sp³-hybridized carbons (Fsp3) is 0.237. The van der Waals surface area contributed by atoms with Gasteiger partial charge in [-0.2, -0.15) is 0 Å². The van der Waals surface area contributed by atoms with Crippen molar-refractivity contribution in [3.8, 4) is 22.6 Å². The lowest BCUT2D eigenvalue weighted by molar-refractivity contribution is 0.0330. The summed E-state index contributed by atoms with van der Waals surface area (Å²) in [7, 11) is -0.940. The molecule has 1 amide bonds. The van der Waals surface area contributed by atoms with Crippen LogP contribution in [0.2, 0.25) is 0 Å². The number of rotatable bonds is 7. The van der Waals surface area contributed by atoms with Crippen LogP contribution in [-0.2, 0) is 21.3 Å². The Morgan fingerprint density at radius 3 is 2.46 bits per heavy atom. The molecule has 5 heterocycles. The number of anilines is 1. The molecule has 0 atom stereocenters. The van der Waals surface area contributed by atoms with Crippen molar-refractivity contribution in [1.82, 2.24) is 24.6 Å². The summed E-state index contributed by atoms with van der Waals surface area (Å²) in [6.45, 7) is 4.94. The number of carbonyl (C=O) groups is 1. The number of sulfonamides is 1. The van der Waals surface area contributed by atoms with Crippen LogP contribution in [-0.4, -0.2) is 80.2 Å². The number of hydrogen-bond donors (Lipinski definition) is 1. The summed E-state index contributed by atoms with van der Waals surface area (Å²) in [5.41, 5.74) is 4.27. The predicted molar refractivity (Wildman–Crippen MR) is 196 cm³/mol. The molecule has 0 radical (unpaired) electrons. The third-order valence-electron chi connectivity index (χ3n) is 9.63. The minimum atomic E-state index is -3.81. The van der Waals surface area contributed by atoms with E-state index in [0.29, 0.717) is 75.2 Å². The van der Waals surface area contributed by atoms with Gasteiger partial charge in [0.1, 0.15) is 28.6 Å². The van der Waals surface area contributed by atoms with Crippen molar-refractivity contribution in [2.75, 3.05) is 51.0 Å². The number of benzene rings is 3. The maximum atomic E-state index is 15.3. The standard InChI is InChI=1S/C38H34F2N6O5S/c1-21-8-9-22(27(40)16-21)37-35(38(47)41-2)25-17-24(31(19-33(25)51-37)44(3)52(4,48)49)28-10-11-29-36(43-28)32-18-23-26(39)6-5-7-30(23)46(32)34(42-29)20-45-12-14-50-15-13-45/h5-11,16-19H,12-15,20H2,1-4H3,(H,41,47). The molecule has 0 saturated carbocycles. The van der Waals surface area contributed by atoms with Gasteiger partial charge in [0.05, 0.1) is 65.1 Å². The first kappa shape index (κ1) is 33.7. The number of aromatic nitrogens is 3. The summed E-state index contributed by atoms with van der Waals surface area (Å²) in [5.74, 6) is -0.759. The molecule has 1 saturated heterocycles. The van der Waals surface area contributed by atoms with Crippen molar-refractivity contribution in [1.29, 1.82) is 0 Å². The Morgan fingerprint density at radius 1 is 0.942 bits per heavy atom. The van der Waals surface area contributed by atoms with Crippen LogP contribution in [0.15, 0.2) is 71.1 Å². The van der Waals surface area contributed by atoms with E-state index in [4.69, 9.17) is 19.1 Å². The molecule has 1 aliphatic rings. The largest absolute Gasteiger partial charge is 0.455 e. The van der Waals surface area contributed by atoms with E-state index < -0.39 is 21.7 Å². The number of pyridine rings is 1. The van der Waals surface area contributed by atoms with Gasteiger partial charge in [0.2, 0.25) is 10.0 Å². The van der Waals surface area contributed by atoms with Gasteiger partial charge >= 0.3 is 0 Å². The number of hydrogen-bond acceptors (Lipinski definition) is 8. The van der Waals surface area contributed by atoms with Gasteiger partial charge in [0.15, 0.2) is 5.76 Å². The van der Waals surface area contributed by atoms with Gasteiger partial charge < -0.3 is 14.5 Å². The first-order valence-electron chi connectivity index (χ1n) is 16.7. The molecular weight excluding hydrogens is 691 g/mol. The molecule has 1 aliphatic heterocycles. The average molecular weight is 725 g/mol. The number of ether oxygens (including phenoxy) is 1. The molecular formula is C38H34F2N6O5S. The molecule has 52 heavy (non-hydrogen) atoms. The van der Waals surface area contributed by atoms with Gasteiger partial charge in [-0.15, -0.1) is 0 Å². The quantitative estimate of drug-likeness (QED) is 0.204. The van der Waals surface area contributed by atoms with Crippen molar-refractivity contribution < 1.29 is 31.1 Å². The van der Waals surface area contributed by atoms with Crippen molar-refractivity contribution in [3.05, 3.63) is 95.3 Å². The second kappa shape index (κ2) is 12.7. The van der Waals surface area contributed by atoms with Gasteiger partial charge in [0, 0.05) is 49.6 Å². The summed E-state index contributed by atoms with van der Waals surface area (Å²) in [6.07, 6.45) is 1.07. The fourth-order valence-corrected chi connectivity index (χ4v) is 7.41. The van der Waals surface area contributed by atoms with Gasteiger partial charge in [0.25, 0.3) is 5.91 Å². The second-order valence-corrected chi connectivity index (χ2v) is 15.0. The Kier molecular flexibility index (Phi) is 8.20. The summed E-state index contributed by atoms with van der Waals surface area (Å²) in [6, 6.07) is 17.9. The highest BCUT2D eigenvalue weighted by molar-refractivity contribution is 7.92. The lowest BCUT2D eigenvalue weighted by Gasteiger charge is -2.26. The molecule has 14 heteroatoms. The van der Waals surface area contributed by atoms with Crippen LogP contribution in [0.25, 0.3) is 61.0 Å². The minimum Gasteiger partial charge on any atom is -0.455 e. The Labute approximate surface area is 297 Å². The fourth-order valence-electron chi connectivity index (χ4n) is 6.90. The van der Waals surface area contributed by atoms with Crippen LogP contribution in [0.4, 0.5) is 14.5 Å². The van der Waals surface area contributed by atoms with Crippen molar-refractivity contribution >= 4 is 60.0 Å². The molecule has 1 fully saturated rings. The van der Waals surface area contributed by atoms with E-state index in [-0.39, 0.29) is 34.0 Å². The highest BCUT2D eigenvalue weighted by atomic mass is 32.2. The third-order valence-corrected chi connectivity index (χ3v) is 10.8. The van der Waals surface area contributed by atoms with E-state index in [1.54, 1.807) is 49.4 Å². The molecule has 0 bridgehead atoms. The zero-order valence-electron chi connectivity index (χ0n) is 28.8. The van der Waals surface area contributed by atoms with E-state index in [2.05, 4.69) is 10.2 Å². The predicted octanol–water partition coefficient (Wildman–Crippen LogP) is 6.29. The van der Waals surface area contributed by atoms with Crippen LogP contribution < -0.4 is 9.62 Å². The molecule has 266 valence electrons. The topological polar surface area (TPSA) is 122 Å². The number of aryl methyl sites for hydroxylation is 1. The number of furan rings is 1. The van der Waals surface area contributed by atoms with E-state index in [1.165, 1.54) is 32.3 Å². The second-order valence-electron chi connectivity index (χ2n) is 13.0. The molecule has 7 aromatic rings. The van der Waals surface area contributed by atoms with Gasteiger partial charge in [-0.25, -0.2) is 27.2 Å². The minimum absolute atomic E-state index is 0.00374. The molecule has 3 aromatic carbocycles. The SMILES string of the molecule is CNC(=O)c1c(-c2ccc(C)cc2F)oc2cc(N(C)S(C)(=O)=O)c(-c3ccc4nc(CN5CCOCC5)n5c6cccc(F)c6cc5c4n3)cc12. The number of nitrogens with zero attached hydrogens (tertiary/aromatic N) is 5. The Bertz CT molecular complexity index is 2700. The van der Waals surface area contributed by atoms with Crippen LogP contribution >= 0.6 is 0 Å². The number of amides is 1. The van der Waals surface area contributed by atoms with Crippen molar-refractivity contribution in [3.63, 3.8) is 0 Å². The van der Waals surface area contributed by atoms with E-state index in [9.17, 15) is 13.2 Å². The van der Waals surface area contributed by atoms with Crippen molar-refractivity contribution in [2.24, 2.45) is 0 Å². The monoisotopic (exact) mass is 724 g/mol. The Morgan fingerprint density at radius 2 is 1.73 bits per heavy atom. The lowest BCUT2D eigenvalue weighted by atomic mass is 10.00. The number of morpholine rings is 1. The molecule has 0 aliphatic carbocycles. The van der Waals surface area contributed by atoms with Crippen LogP contribution in [0, 0.1) is 18.6 Å². The summed E-state index contributed by atoms with van der Waals surface area (Å²) in [5, 5.41) is 3.36. The van der Waals surface area contributed by atoms with Gasteiger partial charge in [-0.05, 0) is 61.0 Å². The Balaban J connectivity index is 1.40. The van der Waals surface area contributed by atoms with Gasteiger partial charge in [-0.1, -0.05) is 12.1 Å². The molecule has 1 N–H and O–H groups in total. The summed E-state index contributed by atoms with van der Waals surface area (Å²) in [4.78, 5) is 25.7. The zero-order chi connectivity index (χ0) is 36.5. The molecule has 11 nitrogen and oxygen atoms in total. The Hall–Kier alpha value is -5.44. The number of carbonyl (C=O) groups excluding carboxylic acids is 1. The number of fused-ring (bicyclic) bond motifs is 6. The molecule has 0 spiro atoms. The summed E-state index contributed by atoms with van der Waals surface area (Å²) < 4.78 is 71.3. The third kappa shape index (κ3) is 5.63. The maximum absolute atomic E-state index is 15.3. The smallest absolute Gasteiger partial charge is 0.255 e. The van der Waals surface area contributed by atoms with E-state index in [1.807, 2.05) is 10.5 Å². The average Bonchev–Trinajstić information content (AvgIpc) is 3.70. The van der Waals surface area contributed by atoms with E-state index in [0.717, 1.165) is 23.7 Å². The maximum Gasteiger partial charge on any atom is 0.255 e. The first-order valence-corrected chi connectivity index (χ1v) is 18.5. The number of nitrogens with one attached hydrogen (secondary N) is 1. The summed E-state index contributed by atoms with van der Waals surface area (Å²) >= 11 is 0. The van der Waals surface area contributed by atoms with Crippen LogP contribution in [0.5, 0.6) is 0 Å². The van der Waals surface area contributed by atoms with Crippen LogP contribution in [0.1, 0.15) is 21.7 Å². The lowest BCUT2D eigenvalue weighted by Crippen LogP contribution is -2.36. The van der Waals surface area contributed by atoms with E-state index >= 15 is 8.78 Å². The van der Waals surface area contributed by atoms with Crippen molar-refractivity contribution in [2.45, 2.75) is 13.5 Å². The number of halogens is 2. The molecule has 4 aromatic heterocycles. The molecule has 0 unspecified atom stereocenters. The first-order chi connectivity index (χ1) is 24.9. The van der Waals surface area contributed by atoms with Crippen LogP contribution in [0.3, 0.4) is 0 Å². The normalized spacial score (nSPS) is 14.2.